The van der Waals surface area contributed by atoms with Gasteiger partial charge in [-0.1, -0.05) is 81.4 Å². The molecule has 4 heteroatoms. The molecule has 4 heterocycles. The second-order valence-electron chi connectivity index (χ2n) is 11.8. The molecule has 0 saturated heterocycles. The van der Waals surface area contributed by atoms with E-state index < -0.39 is 0 Å². The van der Waals surface area contributed by atoms with Crippen molar-refractivity contribution in [2.75, 3.05) is 4.90 Å². The molecule has 2 aliphatic rings. The lowest BCUT2D eigenvalue weighted by Gasteiger charge is -2.40. The van der Waals surface area contributed by atoms with E-state index in [2.05, 4.69) is 128 Å². The summed E-state index contributed by atoms with van der Waals surface area (Å²) < 4.78 is 2.52. The fraction of sp³-hybridized carbons (Fsp3) is 0.147. The summed E-state index contributed by atoms with van der Waals surface area (Å²) in [5.74, 6) is 0. The first-order chi connectivity index (χ1) is 18.4. The van der Waals surface area contributed by atoms with Crippen molar-refractivity contribution in [1.82, 2.24) is 9.46 Å². The lowest BCUT2D eigenvalue weighted by molar-refractivity contribution is 0.590. The van der Waals surface area contributed by atoms with Crippen LogP contribution in [-0.4, -0.2) is 16.3 Å². The zero-order valence-electron chi connectivity index (χ0n) is 22.2. The minimum absolute atomic E-state index is 0.0468. The summed E-state index contributed by atoms with van der Waals surface area (Å²) in [5, 5.41) is 2.51. The third-order valence-electron chi connectivity index (χ3n) is 8.39. The zero-order valence-corrected chi connectivity index (χ0v) is 22.2. The monoisotopic (exact) mass is 489 g/mol. The molecule has 0 radical (unpaired) electrons. The Bertz CT molecular complexity index is 1930. The van der Waals surface area contributed by atoms with E-state index in [1.807, 2.05) is 6.20 Å². The molecule has 6 aromatic rings. The highest BCUT2D eigenvalue weighted by atomic mass is 15.2. The van der Waals surface area contributed by atoms with E-state index in [4.69, 9.17) is 4.98 Å². The average molecular weight is 489 g/mol. The predicted octanol–water partition coefficient (Wildman–Crippen LogP) is 7.21. The third kappa shape index (κ3) is 2.78. The van der Waals surface area contributed by atoms with Gasteiger partial charge in [0.25, 0.3) is 0 Å². The molecule has 0 amide bonds. The summed E-state index contributed by atoms with van der Waals surface area (Å²) >= 11 is 0. The van der Waals surface area contributed by atoms with Crippen LogP contribution in [0.25, 0.3) is 33.1 Å². The molecule has 4 aromatic carbocycles. The van der Waals surface area contributed by atoms with Crippen LogP contribution in [0.4, 0.5) is 17.1 Å². The van der Waals surface area contributed by atoms with E-state index in [1.165, 1.54) is 66.5 Å². The molecule has 0 unspecified atom stereocenters. The maximum atomic E-state index is 5.04. The molecule has 0 atom stereocenters. The number of aromatic nitrogens is 2. The van der Waals surface area contributed by atoms with Gasteiger partial charge in [-0.2, -0.15) is 0 Å². The number of para-hydroxylation sites is 2. The van der Waals surface area contributed by atoms with Crippen molar-refractivity contribution in [3.63, 3.8) is 0 Å². The maximum Gasteiger partial charge on any atom is 0.334 e. The second kappa shape index (κ2) is 7.38. The Kier molecular flexibility index (Phi) is 4.23. The number of nitrogens with zero attached hydrogens (tertiary/aromatic N) is 3. The van der Waals surface area contributed by atoms with Crippen LogP contribution < -0.4 is 15.8 Å². The summed E-state index contributed by atoms with van der Waals surface area (Å²) in [7, 11) is 0. The Hall–Kier alpha value is -4.31. The molecule has 2 aromatic heterocycles. The Morgan fingerprint density at radius 1 is 0.737 bits per heavy atom. The minimum atomic E-state index is 0.0468. The van der Waals surface area contributed by atoms with Crippen LogP contribution in [0.2, 0.25) is 0 Å². The quantitative estimate of drug-likeness (QED) is 0.227. The fourth-order valence-electron chi connectivity index (χ4n) is 6.66. The summed E-state index contributed by atoms with van der Waals surface area (Å²) in [4.78, 5) is 7.51. The van der Waals surface area contributed by atoms with Crippen molar-refractivity contribution in [2.45, 2.75) is 33.1 Å². The van der Waals surface area contributed by atoms with Gasteiger partial charge >= 0.3 is 6.85 Å². The number of hydrogen-bond donors (Lipinski definition) is 0. The van der Waals surface area contributed by atoms with Gasteiger partial charge in [-0.15, -0.1) is 0 Å². The number of hydrogen-bond acceptors (Lipinski definition) is 2. The van der Waals surface area contributed by atoms with Gasteiger partial charge in [0.2, 0.25) is 0 Å². The van der Waals surface area contributed by atoms with E-state index >= 15 is 0 Å². The Labute approximate surface area is 223 Å². The summed E-state index contributed by atoms with van der Waals surface area (Å²) in [6.45, 7) is 9.07. The van der Waals surface area contributed by atoms with Crippen molar-refractivity contribution >= 4 is 56.8 Å². The van der Waals surface area contributed by atoms with Crippen molar-refractivity contribution in [2.24, 2.45) is 0 Å². The first-order valence-electron chi connectivity index (χ1n) is 13.4. The van der Waals surface area contributed by atoms with Crippen molar-refractivity contribution in [3.05, 3.63) is 108 Å². The molecular formula is C34H28BN3. The molecule has 8 rings (SSSR count). The molecule has 0 N–H and O–H groups in total. The predicted molar refractivity (Wildman–Crippen MR) is 161 cm³/mol. The van der Waals surface area contributed by atoms with Crippen molar-refractivity contribution in [1.29, 1.82) is 0 Å². The number of anilines is 3. The van der Waals surface area contributed by atoms with E-state index in [1.54, 1.807) is 0 Å². The van der Waals surface area contributed by atoms with Crippen LogP contribution in [0.5, 0.6) is 0 Å². The fourth-order valence-corrected chi connectivity index (χ4v) is 6.66. The topological polar surface area (TPSA) is 21.1 Å². The Morgan fingerprint density at radius 3 is 2.34 bits per heavy atom. The average Bonchev–Trinajstić information content (AvgIpc) is 3.24. The van der Waals surface area contributed by atoms with Gasteiger partial charge in [-0.05, 0) is 70.3 Å². The van der Waals surface area contributed by atoms with Gasteiger partial charge in [-0.25, -0.2) is 4.98 Å². The molecule has 0 aliphatic carbocycles. The second-order valence-corrected chi connectivity index (χ2v) is 11.8. The summed E-state index contributed by atoms with van der Waals surface area (Å²) in [6, 6.07) is 33.8. The molecule has 0 bridgehead atoms. The summed E-state index contributed by atoms with van der Waals surface area (Å²) in [5.41, 5.74) is 13.9. The van der Waals surface area contributed by atoms with Crippen LogP contribution in [-0.2, 0) is 5.41 Å². The number of aryl methyl sites for hydroxylation is 1. The lowest BCUT2D eigenvalue weighted by atomic mass is 9.45. The number of benzene rings is 4. The number of rotatable bonds is 1. The highest BCUT2D eigenvalue weighted by molar-refractivity contribution is 6.90. The van der Waals surface area contributed by atoms with Gasteiger partial charge in [0.05, 0.1) is 0 Å². The third-order valence-corrected chi connectivity index (χ3v) is 8.39. The Morgan fingerprint density at radius 2 is 1.53 bits per heavy atom. The summed E-state index contributed by atoms with van der Waals surface area (Å²) in [6.07, 6.45) is 2.01. The standard InChI is InChI=1S/C34H28BN3/c1-21-18-27-26-14-8-13-25-24-12-9-15-29-31(24)35(38(32(25)26)33(27)36-20-21)28-17-16-22(34(2,3)4)19-30(28)37(29)23-10-6-5-7-11-23/h5-20H,1-4H3. The van der Waals surface area contributed by atoms with Crippen LogP contribution in [0, 0.1) is 6.92 Å². The molecule has 2 aliphatic heterocycles. The number of pyridine rings is 1. The SMILES string of the molecule is Cc1cnc2c(c1)c1cccc3c1n2B1c2ccc(C(C)(C)C)cc2N(c2ccccc2)c2cccc-3c21. The molecule has 0 fully saturated rings. The number of fused-ring (bicyclic) bond motifs is 7. The van der Waals surface area contributed by atoms with Crippen molar-refractivity contribution in [3.8, 4) is 11.1 Å². The van der Waals surface area contributed by atoms with E-state index in [0.29, 0.717) is 0 Å². The molecule has 0 spiro atoms. The maximum absolute atomic E-state index is 5.04. The van der Waals surface area contributed by atoms with Gasteiger partial charge in [0.1, 0.15) is 5.65 Å². The lowest BCUT2D eigenvalue weighted by Crippen LogP contribution is -2.56. The van der Waals surface area contributed by atoms with Crippen LogP contribution in [0.3, 0.4) is 0 Å². The highest BCUT2D eigenvalue weighted by Crippen LogP contribution is 2.45. The van der Waals surface area contributed by atoms with E-state index in [9.17, 15) is 0 Å². The van der Waals surface area contributed by atoms with Gasteiger partial charge in [-0.3, -0.25) is 0 Å². The first-order valence-corrected chi connectivity index (χ1v) is 13.4. The first kappa shape index (κ1) is 21.7. The van der Waals surface area contributed by atoms with E-state index in [0.717, 1.165) is 5.65 Å². The van der Waals surface area contributed by atoms with Crippen molar-refractivity contribution < 1.29 is 0 Å². The zero-order chi connectivity index (χ0) is 25.8. The molecular weight excluding hydrogens is 461 g/mol. The molecule has 38 heavy (non-hydrogen) atoms. The largest absolute Gasteiger partial charge is 0.360 e. The molecule has 3 nitrogen and oxygen atoms in total. The molecule has 0 saturated carbocycles. The normalized spacial score (nSPS) is 13.7. The highest BCUT2D eigenvalue weighted by Gasteiger charge is 2.43. The van der Waals surface area contributed by atoms with Crippen LogP contribution in [0.1, 0.15) is 31.9 Å². The smallest absolute Gasteiger partial charge is 0.334 e. The van der Waals surface area contributed by atoms with Crippen LogP contribution in [0.15, 0.2) is 97.2 Å². The van der Waals surface area contributed by atoms with E-state index in [-0.39, 0.29) is 12.3 Å². The minimum Gasteiger partial charge on any atom is -0.360 e. The van der Waals surface area contributed by atoms with Gasteiger partial charge in [0.15, 0.2) is 0 Å². The van der Waals surface area contributed by atoms with Gasteiger partial charge in [0, 0.05) is 45.1 Å². The Balaban J connectivity index is 1.55. The van der Waals surface area contributed by atoms with Gasteiger partial charge < -0.3 is 9.38 Å². The van der Waals surface area contributed by atoms with Crippen LogP contribution >= 0.6 is 0 Å². The molecule has 182 valence electrons.